The summed E-state index contributed by atoms with van der Waals surface area (Å²) >= 11 is 0. The predicted molar refractivity (Wildman–Crippen MR) is 68.6 cm³/mol. The quantitative estimate of drug-likeness (QED) is 0.814. The topological polar surface area (TPSA) is 24.1 Å². The van der Waals surface area contributed by atoms with E-state index in [9.17, 15) is 0 Å². The summed E-state index contributed by atoms with van der Waals surface area (Å²) in [6.07, 6.45) is 2.49. The number of rotatable bonds is 3. The third kappa shape index (κ3) is 3.06. The molecule has 0 spiro atoms. The van der Waals surface area contributed by atoms with E-state index >= 15 is 0 Å². The van der Waals surface area contributed by atoms with Gasteiger partial charge < -0.3 is 10.6 Å². The van der Waals surface area contributed by atoms with E-state index in [-0.39, 0.29) is 0 Å². The molecule has 1 aliphatic heterocycles. The molecule has 2 nitrogen and oxygen atoms in total. The summed E-state index contributed by atoms with van der Waals surface area (Å²) in [6, 6.07) is 9.93. The second-order valence-electron chi connectivity index (χ2n) is 4.83. The first kappa shape index (κ1) is 11.6. The molecule has 0 saturated carbocycles. The van der Waals surface area contributed by atoms with E-state index in [2.05, 4.69) is 48.7 Å². The summed E-state index contributed by atoms with van der Waals surface area (Å²) in [5, 5.41) is 7.12. The lowest BCUT2D eigenvalue weighted by atomic mass is 10.0. The molecule has 88 valence electrons. The molecule has 1 aliphatic rings. The monoisotopic (exact) mass is 218 g/mol. The van der Waals surface area contributed by atoms with E-state index in [1.54, 1.807) is 0 Å². The van der Waals surface area contributed by atoms with Crippen molar-refractivity contribution in [3.8, 4) is 0 Å². The smallest absolute Gasteiger partial charge is 0.0294 e. The Hall–Kier alpha value is -0.860. The first-order valence-corrected chi connectivity index (χ1v) is 6.29. The molecule has 0 bridgehead atoms. The summed E-state index contributed by atoms with van der Waals surface area (Å²) in [5.41, 5.74) is 2.75. The molecule has 1 aromatic rings. The van der Waals surface area contributed by atoms with Gasteiger partial charge in [0, 0.05) is 12.1 Å². The Morgan fingerprint density at radius 1 is 1.31 bits per heavy atom. The van der Waals surface area contributed by atoms with Crippen molar-refractivity contribution in [2.24, 2.45) is 0 Å². The van der Waals surface area contributed by atoms with Crippen molar-refractivity contribution in [2.75, 3.05) is 13.1 Å². The minimum Gasteiger partial charge on any atom is -0.317 e. The maximum atomic E-state index is 3.72. The van der Waals surface area contributed by atoms with Gasteiger partial charge in [0.15, 0.2) is 0 Å². The van der Waals surface area contributed by atoms with Crippen molar-refractivity contribution < 1.29 is 0 Å². The molecule has 2 N–H and O–H groups in total. The Morgan fingerprint density at radius 3 is 2.75 bits per heavy atom. The van der Waals surface area contributed by atoms with Crippen LogP contribution in [0.3, 0.4) is 0 Å². The van der Waals surface area contributed by atoms with Crippen LogP contribution in [-0.2, 0) is 0 Å². The second kappa shape index (κ2) is 5.46. The second-order valence-corrected chi connectivity index (χ2v) is 4.83. The molecule has 0 radical (unpaired) electrons. The molecule has 0 aromatic heterocycles. The maximum Gasteiger partial charge on any atom is 0.0294 e. The number of aryl methyl sites for hydroxylation is 1. The van der Waals surface area contributed by atoms with Crippen LogP contribution in [0, 0.1) is 6.92 Å². The van der Waals surface area contributed by atoms with Gasteiger partial charge in [-0.05, 0) is 45.3 Å². The van der Waals surface area contributed by atoms with Gasteiger partial charge in [-0.2, -0.15) is 0 Å². The Kier molecular flexibility index (Phi) is 3.97. The van der Waals surface area contributed by atoms with E-state index in [1.165, 1.54) is 24.0 Å². The molecule has 16 heavy (non-hydrogen) atoms. The number of hydrogen-bond acceptors (Lipinski definition) is 2. The Labute approximate surface area is 98.4 Å². The molecule has 1 aromatic carbocycles. The highest BCUT2D eigenvalue weighted by atomic mass is 15.0. The molecule has 1 saturated heterocycles. The van der Waals surface area contributed by atoms with Crippen LogP contribution >= 0.6 is 0 Å². The minimum absolute atomic E-state index is 0.461. The third-order valence-electron chi connectivity index (χ3n) is 3.37. The Balaban J connectivity index is 1.94. The van der Waals surface area contributed by atoms with Gasteiger partial charge in [0.1, 0.15) is 0 Å². The fourth-order valence-electron chi connectivity index (χ4n) is 2.38. The standard InChI is InChI=1S/C14H22N2/c1-11-4-3-5-13(10-11)12(2)16-14-6-8-15-9-7-14/h3-5,10,12,14-16H,6-9H2,1-2H3/t12-/m1/s1. The zero-order chi connectivity index (χ0) is 11.4. The first-order valence-electron chi connectivity index (χ1n) is 6.29. The van der Waals surface area contributed by atoms with Crippen LogP contribution in [-0.4, -0.2) is 19.1 Å². The van der Waals surface area contributed by atoms with Crippen LogP contribution in [0.5, 0.6) is 0 Å². The summed E-state index contributed by atoms with van der Waals surface area (Å²) in [4.78, 5) is 0. The molecule has 2 heteroatoms. The van der Waals surface area contributed by atoms with Gasteiger partial charge in [-0.25, -0.2) is 0 Å². The number of piperidine rings is 1. The van der Waals surface area contributed by atoms with Crippen molar-refractivity contribution in [2.45, 2.75) is 38.8 Å². The maximum absolute atomic E-state index is 3.72. The van der Waals surface area contributed by atoms with E-state index in [4.69, 9.17) is 0 Å². The first-order chi connectivity index (χ1) is 7.75. The zero-order valence-corrected chi connectivity index (χ0v) is 10.3. The average Bonchev–Trinajstić information content (AvgIpc) is 2.30. The van der Waals surface area contributed by atoms with Crippen molar-refractivity contribution >= 4 is 0 Å². The average molecular weight is 218 g/mol. The number of benzene rings is 1. The lowest BCUT2D eigenvalue weighted by molar-refractivity contribution is 0.359. The van der Waals surface area contributed by atoms with Crippen LogP contribution < -0.4 is 10.6 Å². The van der Waals surface area contributed by atoms with Crippen LogP contribution in [0.2, 0.25) is 0 Å². The van der Waals surface area contributed by atoms with Crippen LogP contribution in [0.4, 0.5) is 0 Å². The van der Waals surface area contributed by atoms with E-state index < -0.39 is 0 Å². The van der Waals surface area contributed by atoms with E-state index in [0.29, 0.717) is 12.1 Å². The van der Waals surface area contributed by atoms with Crippen LogP contribution in [0.1, 0.15) is 36.9 Å². The van der Waals surface area contributed by atoms with Gasteiger partial charge in [0.05, 0.1) is 0 Å². The lowest BCUT2D eigenvalue weighted by Crippen LogP contribution is -2.40. The fraction of sp³-hybridized carbons (Fsp3) is 0.571. The molecule has 1 fully saturated rings. The van der Waals surface area contributed by atoms with Gasteiger partial charge in [-0.15, -0.1) is 0 Å². The highest BCUT2D eigenvalue weighted by molar-refractivity contribution is 5.24. The van der Waals surface area contributed by atoms with Crippen molar-refractivity contribution in [3.05, 3.63) is 35.4 Å². The van der Waals surface area contributed by atoms with Gasteiger partial charge in [-0.3, -0.25) is 0 Å². The molecule has 0 aliphatic carbocycles. The normalized spacial score (nSPS) is 19.6. The van der Waals surface area contributed by atoms with E-state index in [0.717, 1.165) is 13.1 Å². The molecule has 1 heterocycles. The molecule has 0 amide bonds. The van der Waals surface area contributed by atoms with Crippen LogP contribution in [0.15, 0.2) is 24.3 Å². The highest BCUT2D eigenvalue weighted by Crippen LogP contribution is 2.16. The van der Waals surface area contributed by atoms with Crippen LogP contribution in [0.25, 0.3) is 0 Å². The molecule has 0 unspecified atom stereocenters. The summed E-state index contributed by atoms with van der Waals surface area (Å²) < 4.78 is 0. The minimum atomic E-state index is 0.461. The van der Waals surface area contributed by atoms with Crippen molar-refractivity contribution in [1.29, 1.82) is 0 Å². The van der Waals surface area contributed by atoms with Gasteiger partial charge in [0.2, 0.25) is 0 Å². The third-order valence-corrected chi connectivity index (χ3v) is 3.37. The van der Waals surface area contributed by atoms with E-state index in [1.807, 2.05) is 0 Å². The zero-order valence-electron chi connectivity index (χ0n) is 10.3. The number of nitrogens with one attached hydrogen (secondary N) is 2. The largest absolute Gasteiger partial charge is 0.317 e. The Bertz CT molecular complexity index is 329. The molecular formula is C14H22N2. The SMILES string of the molecule is Cc1cccc([C@@H](C)NC2CCNCC2)c1. The lowest BCUT2D eigenvalue weighted by Gasteiger charge is -2.27. The number of hydrogen-bond donors (Lipinski definition) is 2. The van der Waals surface area contributed by atoms with Gasteiger partial charge in [-0.1, -0.05) is 29.8 Å². The summed E-state index contributed by atoms with van der Waals surface area (Å²) in [7, 11) is 0. The van der Waals surface area contributed by atoms with Gasteiger partial charge >= 0.3 is 0 Å². The summed E-state index contributed by atoms with van der Waals surface area (Å²) in [6.45, 7) is 6.72. The van der Waals surface area contributed by atoms with Crippen molar-refractivity contribution in [3.63, 3.8) is 0 Å². The molecule has 2 rings (SSSR count). The summed E-state index contributed by atoms with van der Waals surface area (Å²) in [5.74, 6) is 0. The fourth-order valence-corrected chi connectivity index (χ4v) is 2.38. The van der Waals surface area contributed by atoms with Crippen molar-refractivity contribution in [1.82, 2.24) is 10.6 Å². The molecule has 1 atom stereocenters. The Morgan fingerprint density at radius 2 is 2.06 bits per heavy atom. The molecular weight excluding hydrogens is 196 g/mol. The highest BCUT2D eigenvalue weighted by Gasteiger charge is 2.15. The van der Waals surface area contributed by atoms with Gasteiger partial charge in [0.25, 0.3) is 0 Å². The predicted octanol–water partition coefficient (Wildman–Crippen LogP) is 2.40.